The van der Waals surface area contributed by atoms with Crippen LogP contribution in [0.15, 0.2) is 24.4 Å². The molecule has 1 aliphatic rings. The van der Waals surface area contributed by atoms with Crippen LogP contribution in [0.25, 0.3) is 0 Å². The van der Waals surface area contributed by atoms with Crippen LogP contribution in [0.2, 0.25) is 0 Å². The Morgan fingerprint density at radius 2 is 2.19 bits per heavy atom. The molecule has 3 heteroatoms. The molecule has 0 aliphatic heterocycles. The van der Waals surface area contributed by atoms with E-state index in [1.165, 1.54) is 37.8 Å². The number of aromatic nitrogens is 1. The summed E-state index contributed by atoms with van der Waals surface area (Å²) in [5.41, 5.74) is 7.54. The topological polar surface area (TPSA) is 42.1 Å². The summed E-state index contributed by atoms with van der Waals surface area (Å²) in [7, 11) is 2.22. The molecule has 0 bridgehead atoms. The summed E-state index contributed by atoms with van der Waals surface area (Å²) >= 11 is 0. The van der Waals surface area contributed by atoms with Gasteiger partial charge in [0.25, 0.3) is 0 Å². The highest BCUT2D eigenvalue weighted by Gasteiger charge is 2.28. The molecule has 0 radical (unpaired) electrons. The number of likely N-dealkylation sites (N-methyl/N-ethyl adjacent to an activating group) is 1. The second-order valence-electron chi connectivity index (χ2n) is 6.73. The third-order valence-corrected chi connectivity index (χ3v) is 4.87. The van der Waals surface area contributed by atoms with E-state index in [4.69, 9.17) is 5.73 Å². The van der Waals surface area contributed by atoms with Gasteiger partial charge in [-0.25, -0.2) is 0 Å². The quantitative estimate of drug-likeness (QED) is 0.838. The van der Waals surface area contributed by atoms with Gasteiger partial charge in [0.05, 0.1) is 0 Å². The van der Waals surface area contributed by atoms with Crippen LogP contribution >= 0.6 is 0 Å². The molecule has 2 N–H and O–H groups in total. The van der Waals surface area contributed by atoms with Gasteiger partial charge in [0.2, 0.25) is 0 Å². The third kappa shape index (κ3) is 5.40. The van der Waals surface area contributed by atoms with Crippen molar-refractivity contribution >= 4 is 0 Å². The minimum Gasteiger partial charge on any atom is -0.327 e. The number of nitrogens with two attached hydrogens (primary N) is 1. The fourth-order valence-electron chi connectivity index (χ4n) is 3.61. The van der Waals surface area contributed by atoms with Crippen molar-refractivity contribution in [2.24, 2.45) is 17.6 Å². The minimum atomic E-state index is 0.399. The van der Waals surface area contributed by atoms with E-state index in [0.717, 1.165) is 25.4 Å². The summed E-state index contributed by atoms with van der Waals surface area (Å²) in [5, 5.41) is 0. The van der Waals surface area contributed by atoms with Crippen molar-refractivity contribution in [1.29, 1.82) is 0 Å². The molecule has 1 aliphatic carbocycles. The van der Waals surface area contributed by atoms with Crippen LogP contribution in [-0.2, 0) is 6.42 Å². The van der Waals surface area contributed by atoms with Crippen LogP contribution in [0.5, 0.6) is 0 Å². The maximum absolute atomic E-state index is 6.35. The molecular formula is C18H31N3. The van der Waals surface area contributed by atoms with Gasteiger partial charge in [-0.15, -0.1) is 0 Å². The molecule has 0 saturated heterocycles. The van der Waals surface area contributed by atoms with Gasteiger partial charge in [-0.2, -0.15) is 0 Å². The lowest BCUT2D eigenvalue weighted by Gasteiger charge is -2.36. The molecule has 3 atom stereocenters. The standard InChI is InChI=1S/C18H31N3/c1-3-6-15-8-9-18(19)16(13-15)14-21(2)12-10-17-7-4-5-11-20-17/h4-5,7,11,15-16,18H,3,6,8-10,12-14,19H2,1-2H3. The van der Waals surface area contributed by atoms with Gasteiger partial charge >= 0.3 is 0 Å². The first-order valence-electron chi connectivity index (χ1n) is 8.53. The normalized spacial score (nSPS) is 26.2. The lowest BCUT2D eigenvalue weighted by molar-refractivity contribution is 0.169. The van der Waals surface area contributed by atoms with Crippen molar-refractivity contribution < 1.29 is 0 Å². The SMILES string of the molecule is CCCC1CCC(N)C(CN(C)CCc2ccccn2)C1. The molecule has 1 heterocycles. The molecule has 0 aromatic carbocycles. The number of pyridine rings is 1. The zero-order valence-corrected chi connectivity index (χ0v) is 13.7. The molecule has 1 aromatic rings. The average Bonchev–Trinajstić information content (AvgIpc) is 2.50. The second kappa shape index (κ2) is 8.50. The van der Waals surface area contributed by atoms with E-state index >= 15 is 0 Å². The second-order valence-corrected chi connectivity index (χ2v) is 6.73. The third-order valence-electron chi connectivity index (χ3n) is 4.87. The predicted molar refractivity (Wildman–Crippen MR) is 89.2 cm³/mol. The Labute approximate surface area is 129 Å². The van der Waals surface area contributed by atoms with Crippen LogP contribution in [0, 0.1) is 11.8 Å². The first-order chi connectivity index (χ1) is 10.2. The molecule has 0 amide bonds. The van der Waals surface area contributed by atoms with Crippen LogP contribution in [0.1, 0.15) is 44.7 Å². The molecule has 1 saturated carbocycles. The smallest absolute Gasteiger partial charge is 0.0416 e. The molecule has 2 rings (SSSR count). The number of hydrogen-bond donors (Lipinski definition) is 1. The van der Waals surface area contributed by atoms with Crippen LogP contribution < -0.4 is 5.73 Å². The van der Waals surface area contributed by atoms with E-state index in [1.807, 2.05) is 12.3 Å². The Balaban J connectivity index is 1.76. The Bertz CT molecular complexity index is 393. The van der Waals surface area contributed by atoms with Gasteiger partial charge in [-0.05, 0) is 50.3 Å². The van der Waals surface area contributed by atoms with E-state index < -0.39 is 0 Å². The number of rotatable bonds is 7. The first kappa shape index (κ1) is 16.4. The van der Waals surface area contributed by atoms with Crippen molar-refractivity contribution in [3.8, 4) is 0 Å². The molecule has 0 spiro atoms. The summed E-state index contributed by atoms with van der Waals surface area (Å²) in [6.07, 6.45) is 9.46. The van der Waals surface area contributed by atoms with Crippen LogP contribution in [-0.4, -0.2) is 36.1 Å². The van der Waals surface area contributed by atoms with Gasteiger partial charge in [-0.3, -0.25) is 4.98 Å². The minimum absolute atomic E-state index is 0.399. The van der Waals surface area contributed by atoms with Gasteiger partial charge in [0, 0.05) is 37.4 Å². The van der Waals surface area contributed by atoms with Crippen molar-refractivity contribution in [2.75, 3.05) is 20.1 Å². The highest BCUT2D eigenvalue weighted by molar-refractivity contribution is 5.03. The van der Waals surface area contributed by atoms with Gasteiger partial charge in [0.15, 0.2) is 0 Å². The molecule has 3 unspecified atom stereocenters. The fraction of sp³-hybridized carbons (Fsp3) is 0.722. The van der Waals surface area contributed by atoms with E-state index in [0.29, 0.717) is 12.0 Å². The molecule has 1 aromatic heterocycles. The van der Waals surface area contributed by atoms with Crippen molar-refractivity contribution in [3.05, 3.63) is 30.1 Å². The Morgan fingerprint density at radius 3 is 2.90 bits per heavy atom. The van der Waals surface area contributed by atoms with E-state index in [2.05, 4.69) is 36.0 Å². The van der Waals surface area contributed by atoms with Crippen LogP contribution in [0.3, 0.4) is 0 Å². The van der Waals surface area contributed by atoms with Crippen molar-refractivity contribution in [2.45, 2.75) is 51.5 Å². The monoisotopic (exact) mass is 289 g/mol. The maximum Gasteiger partial charge on any atom is 0.0416 e. The molecule has 118 valence electrons. The van der Waals surface area contributed by atoms with Gasteiger partial charge in [0.1, 0.15) is 0 Å². The number of nitrogens with zero attached hydrogens (tertiary/aromatic N) is 2. The molecule has 3 nitrogen and oxygen atoms in total. The summed E-state index contributed by atoms with van der Waals surface area (Å²) < 4.78 is 0. The predicted octanol–water partition coefficient (Wildman–Crippen LogP) is 3.10. The van der Waals surface area contributed by atoms with Crippen molar-refractivity contribution in [3.63, 3.8) is 0 Å². The average molecular weight is 289 g/mol. The molecule has 21 heavy (non-hydrogen) atoms. The molecule has 1 fully saturated rings. The van der Waals surface area contributed by atoms with Gasteiger partial charge < -0.3 is 10.6 Å². The largest absolute Gasteiger partial charge is 0.327 e. The van der Waals surface area contributed by atoms with Crippen LogP contribution in [0.4, 0.5) is 0 Å². The van der Waals surface area contributed by atoms with Gasteiger partial charge in [-0.1, -0.05) is 25.8 Å². The zero-order chi connectivity index (χ0) is 15.1. The Kier molecular flexibility index (Phi) is 6.65. The van der Waals surface area contributed by atoms with E-state index in [9.17, 15) is 0 Å². The lowest BCUT2D eigenvalue weighted by atomic mass is 9.76. The molecular weight excluding hydrogens is 258 g/mol. The Hall–Kier alpha value is -0.930. The highest BCUT2D eigenvalue weighted by Crippen LogP contribution is 2.31. The zero-order valence-electron chi connectivity index (χ0n) is 13.7. The van der Waals surface area contributed by atoms with Crippen molar-refractivity contribution in [1.82, 2.24) is 9.88 Å². The summed E-state index contributed by atoms with van der Waals surface area (Å²) in [5.74, 6) is 1.58. The summed E-state index contributed by atoms with van der Waals surface area (Å²) in [6, 6.07) is 6.55. The summed E-state index contributed by atoms with van der Waals surface area (Å²) in [6.45, 7) is 4.50. The first-order valence-corrected chi connectivity index (χ1v) is 8.53. The maximum atomic E-state index is 6.35. The lowest BCUT2D eigenvalue weighted by Crippen LogP contribution is -2.42. The highest BCUT2D eigenvalue weighted by atomic mass is 15.1. The fourth-order valence-corrected chi connectivity index (χ4v) is 3.61. The van der Waals surface area contributed by atoms with E-state index in [1.54, 1.807) is 0 Å². The van der Waals surface area contributed by atoms with E-state index in [-0.39, 0.29) is 0 Å². The Morgan fingerprint density at radius 1 is 1.33 bits per heavy atom. The summed E-state index contributed by atoms with van der Waals surface area (Å²) in [4.78, 5) is 6.84. The number of hydrogen-bond acceptors (Lipinski definition) is 3.